The lowest BCUT2D eigenvalue weighted by Gasteiger charge is -2.35. The molecule has 0 amide bonds. The number of benzene rings is 1. The number of nitrogens with two attached hydrogens (primary N) is 1. The molecule has 1 fully saturated rings. The van der Waals surface area contributed by atoms with E-state index in [1.54, 1.807) is 0 Å². The van der Waals surface area contributed by atoms with E-state index in [1.165, 1.54) is 11.1 Å². The normalized spacial score (nSPS) is 22.4. The van der Waals surface area contributed by atoms with Crippen LogP contribution in [0.1, 0.15) is 23.6 Å². The molecule has 4 heteroatoms. The van der Waals surface area contributed by atoms with Crippen LogP contribution in [-0.2, 0) is 4.74 Å². The number of aryl methyl sites for hydroxylation is 1. The molecule has 19 heavy (non-hydrogen) atoms. The van der Waals surface area contributed by atoms with Gasteiger partial charge in [-0.15, -0.1) is 0 Å². The Balaban J connectivity index is 1.85. The van der Waals surface area contributed by atoms with Crippen LogP contribution in [0, 0.1) is 6.92 Å². The molecule has 0 saturated carbocycles. The van der Waals surface area contributed by atoms with Crippen LogP contribution in [0.3, 0.4) is 0 Å². The summed E-state index contributed by atoms with van der Waals surface area (Å²) in [5, 5.41) is 9.32. The molecule has 4 nitrogen and oxygen atoms in total. The summed E-state index contributed by atoms with van der Waals surface area (Å²) >= 11 is 0. The molecule has 1 aliphatic rings. The fourth-order valence-corrected chi connectivity index (χ4v) is 2.44. The Bertz CT molecular complexity index is 380. The number of rotatable bonds is 5. The van der Waals surface area contributed by atoms with E-state index < -0.39 is 0 Å². The number of morpholine rings is 1. The molecule has 2 atom stereocenters. The van der Waals surface area contributed by atoms with Gasteiger partial charge in [-0.25, -0.2) is 0 Å². The highest BCUT2D eigenvalue weighted by Crippen LogP contribution is 2.16. The summed E-state index contributed by atoms with van der Waals surface area (Å²) in [6.07, 6.45) is 0.902. The van der Waals surface area contributed by atoms with Crippen LogP contribution in [0.5, 0.6) is 0 Å². The van der Waals surface area contributed by atoms with Gasteiger partial charge in [-0.2, -0.15) is 0 Å². The highest BCUT2D eigenvalue weighted by molar-refractivity contribution is 5.23. The third kappa shape index (κ3) is 4.01. The van der Waals surface area contributed by atoms with Gasteiger partial charge in [0.05, 0.1) is 25.9 Å². The number of nitrogens with zero attached hydrogens (tertiary/aromatic N) is 1. The molecule has 1 heterocycles. The van der Waals surface area contributed by atoms with Crippen LogP contribution in [0.15, 0.2) is 24.3 Å². The second kappa shape index (κ2) is 7.01. The molecular formula is C15H24N2O2. The van der Waals surface area contributed by atoms with Crippen molar-refractivity contribution < 1.29 is 9.84 Å². The summed E-state index contributed by atoms with van der Waals surface area (Å²) < 4.78 is 5.37. The molecule has 1 aromatic rings. The lowest BCUT2D eigenvalue weighted by Crippen LogP contribution is -2.48. The Kier molecular flexibility index (Phi) is 5.34. The van der Waals surface area contributed by atoms with E-state index in [2.05, 4.69) is 36.1 Å². The van der Waals surface area contributed by atoms with Crippen molar-refractivity contribution >= 4 is 0 Å². The maximum absolute atomic E-state index is 9.32. The summed E-state index contributed by atoms with van der Waals surface area (Å²) in [6.45, 7) is 5.39. The quantitative estimate of drug-likeness (QED) is 0.835. The molecule has 0 radical (unpaired) electrons. The van der Waals surface area contributed by atoms with Crippen molar-refractivity contribution in [1.29, 1.82) is 0 Å². The molecule has 0 spiro atoms. The smallest absolute Gasteiger partial charge is 0.0644 e. The Labute approximate surface area is 115 Å². The molecule has 2 rings (SSSR count). The van der Waals surface area contributed by atoms with Crippen LogP contribution in [0.4, 0.5) is 0 Å². The van der Waals surface area contributed by atoms with Crippen molar-refractivity contribution in [1.82, 2.24) is 4.90 Å². The van der Waals surface area contributed by atoms with Gasteiger partial charge in [0.15, 0.2) is 0 Å². The second-order valence-corrected chi connectivity index (χ2v) is 5.25. The summed E-state index contributed by atoms with van der Waals surface area (Å²) in [7, 11) is 0. The third-order valence-electron chi connectivity index (χ3n) is 3.79. The molecule has 0 bridgehead atoms. The molecule has 0 aliphatic carbocycles. The first kappa shape index (κ1) is 14.5. The number of ether oxygens (including phenoxy) is 1. The molecule has 1 aromatic carbocycles. The number of aliphatic hydroxyl groups excluding tert-OH is 1. The van der Waals surface area contributed by atoms with Gasteiger partial charge in [0.1, 0.15) is 0 Å². The zero-order chi connectivity index (χ0) is 13.7. The van der Waals surface area contributed by atoms with E-state index in [0.717, 1.165) is 26.1 Å². The number of aliphatic hydroxyl groups is 1. The van der Waals surface area contributed by atoms with Gasteiger partial charge >= 0.3 is 0 Å². The fourth-order valence-electron chi connectivity index (χ4n) is 2.44. The molecule has 1 aliphatic heterocycles. The van der Waals surface area contributed by atoms with E-state index in [-0.39, 0.29) is 18.7 Å². The number of hydrogen-bond donors (Lipinski definition) is 2. The van der Waals surface area contributed by atoms with Gasteiger partial charge < -0.3 is 15.6 Å². The first-order valence-corrected chi connectivity index (χ1v) is 6.95. The van der Waals surface area contributed by atoms with Crippen molar-refractivity contribution in [2.45, 2.75) is 25.4 Å². The monoisotopic (exact) mass is 264 g/mol. The summed E-state index contributed by atoms with van der Waals surface area (Å²) in [5.41, 5.74) is 8.66. The van der Waals surface area contributed by atoms with Gasteiger partial charge in [-0.1, -0.05) is 29.8 Å². The fraction of sp³-hybridized carbons (Fsp3) is 0.600. The average molecular weight is 264 g/mol. The van der Waals surface area contributed by atoms with E-state index in [1.807, 2.05) is 0 Å². The maximum atomic E-state index is 9.32. The molecule has 2 unspecified atom stereocenters. The minimum atomic E-state index is 0.0581. The van der Waals surface area contributed by atoms with E-state index in [4.69, 9.17) is 10.5 Å². The third-order valence-corrected chi connectivity index (χ3v) is 3.79. The van der Waals surface area contributed by atoms with Gasteiger partial charge in [-0.05, 0) is 18.9 Å². The highest BCUT2D eigenvalue weighted by atomic mass is 16.5. The lowest BCUT2D eigenvalue weighted by molar-refractivity contribution is -0.0282. The van der Waals surface area contributed by atoms with Gasteiger partial charge in [0.2, 0.25) is 0 Å². The number of hydrogen-bond acceptors (Lipinski definition) is 4. The molecule has 106 valence electrons. The van der Waals surface area contributed by atoms with Crippen LogP contribution < -0.4 is 5.73 Å². The SMILES string of the molecule is Cc1ccc(C(N)CCN2CCOCC2CO)cc1. The molecule has 3 N–H and O–H groups in total. The van der Waals surface area contributed by atoms with E-state index in [0.29, 0.717) is 6.61 Å². The topological polar surface area (TPSA) is 58.7 Å². The van der Waals surface area contributed by atoms with Crippen molar-refractivity contribution in [3.63, 3.8) is 0 Å². The van der Waals surface area contributed by atoms with Crippen LogP contribution in [0.2, 0.25) is 0 Å². The lowest BCUT2D eigenvalue weighted by atomic mass is 10.0. The first-order valence-electron chi connectivity index (χ1n) is 6.95. The zero-order valence-corrected chi connectivity index (χ0v) is 11.6. The van der Waals surface area contributed by atoms with Gasteiger partial charge in [0.25, 0.3) is 0 Å². The van der Waals surface area contributed by atoms with Crippen LogP contribution in [-0.4, -0.2) is 49.0 Å². The molecule has 1 saturated heterocycles. The van der Waals surface area contributed by atoms with Crippen LogP contribution >= 0.6 is 0 Å². The van der Waals surface area contributed by atoms with E-state index >= 15 is 0 Å². The summed E-state index contributed by atoms with van der Waals surface area (Å²) in [6, 6.07) is 8.58. The standard InChI is InChI=1S/C15H24N2O2/c1-12-2-4-13(5-3-12)15(16)6-7-17-8-9-19-11-14(17)10-18/h2-5,14-15,18H,6-11,16H2,1H3. The average Bonchev–Trinajstić information content (AvgIpc) is 2.45. The second-order valence-electron chi connectivity index (χ2n) is 5.25. The predicted octanol–water partition coefficient (Wildman–Crippen LogP) is 1.08. The van der Waals surface area contributed by atoms with E-state index in [9.17, 15) is 5.11 Å². The van der Waals surface area contributed by atoms with Gasteiger partial charge in [-0.3, -0.25) is 4.90 Å². The zero-order valence-electron chi connectivity index (χ0n) is 11.6. The van der Waals surface area contributed by atoms with Gasteiger partial charge in [0, 0.05) is 19.1 Å². The van der Waals surface area contributed by atoms with Crippen LogP contribution in [0.25, 0.3) is 0 Å². The summed E-state index contributed by atoms with van der Waals surface area (Å²) in [4.78, 5) is 2.28. The maximum Gasteiger partial charge on any atom is 0.0644 e. The summed E-state index contributed by atoms with van der Waals surface area (Å²) in [5.74, 6) is 0. The van der Waals surface area contributed by atoms with Crippen molar-refractivity contribution in [2.75, 3.05) is 32.9 Å². The molecule has 0 aromatic heterocycles. The highest BCUT2D eigenvalue weighted by Gasteiger charge is 2.22. The Hall–Kier alpha value is -0.940. The van der Waals surface area contributed by atoms with Crippen molar-refractivity contribution in [3.8, 4) is 0 Å². The predicted molar refractivity (Wildman–Crippen MR) is 76.0 cm³/mol. The largest absolute Gasteiger partial charge is 0.395 e. The van der Waals surface area contributed by atoms with Crippen molar-refractivity contribution in [3.05, 3.63) is 35.4 Å². The Morgan fingerprint density at radius 3 is 2.84 bits per heavy atom. The van der Waals surface area contributed by atoms with Crippen molar-refractivity contribution in [2.24, 2.45) is 5.73 Å². The first-order chi connectivity index (χ1) is 9.20. The molecular weight excluding hydrogens is 240 g/mol. The Morgan fingerprint density at radius 1 is 1.42 bits per heavy atom. The minimum absolute atomic E-state index is 0.0581. The minimum Gasteiger partial charge on any atom is -0.395 e. The Morgan fingerprint density at radius 2 is 2.16 bits per heavy atom.